The second kappa shape index (κ2) is 5.19. The van der Waals surface area contributed by atoms with Gasteiger partial charge in [0.2, 0.25) is 0 Å². The van der Waals surface area contributed by atoms with Gasteiger partial charge in [-0.1, -0.05) is 23.7 Å². The fraction of sp³-hybridized carbons (Fsp3) is 0.125. The van der Waals surface area contributed by atoms with E-state index >= 15 is 0 Å². The molecule has 1 atom stereocenters. The summed E-state index contributed by atoms with van der Waals surface area (Å²) in [5.74, 6) is 0. The second-order valence-corrected chi connectivity index (χ2v) is 5.21. The molecule has 0 spiro atoms. The molecule has 3 nitrogen and oxygen atoms in total. The van der Waals surface area contributed by atoms with Crippen molar-refractivity contribution in [3.8, 4) is 0 Å². The SMILES string of the molecule is Cc1cc(C(N)c2cccnc2)c2ccc(Cl)cc2n1. The molecule has 0 fully saturated rings. The van der Waals surface area contributed by atoms with Gasteiger partial charge >= 0.3 is 0 Å². The number of nitrogens with two attached hydrogens (primary N) is 1. The highest BCUT2D eigenvalue weighted by molar-refractivity contribution is 6.31. The molecule has 0 aliphatic heterocycles. The molecule has 2 aromatic heterocycles. The van der Waals surface area contributed by atoms with Crippen LogP contribution in [-0.4, -0.2) is 9.97 Å². The molecule has 0 radical (unpaired) electrons. The lowest BCUT2D eigenvalue weighted by molar-refractivity contribution is 0.867. The van der Waals surface area contributed by atoms with Crippen molar-refractivity contribution in [1.82, 2.24) is 9.97 Å². The van der Waals surface area contributed by atoms with Crippen LogP contribution < -0.4 is 5.73 Å². The number of hydrogen-bond donors (Lipinski definition) is 1. The molecule has 0 bridgehead atoms. The van der Waals surface area contributed by atoms with E-state index in [0.717, 1.165) is 27.7 Å². The standard InChI is InChI=1S/C16H14ClN3/c1-10-7-14(16(18)11-3-2-6-19-9-11)13-5-4-12(17)8-15(13)20-10/h2-9,16H,18H2,1H3. The number of aryl methyl sites for hydroxylation is 1. The number of hydrogen-bond acceptors (Lipinski definition) is 3. The van der Waals surface area contributed by atoms with Crippen LogP contribution in [0.25, 0.3) is 10.9 Å². The van der Waals surface area contributed by atoms with Crippen LogP contribution in [-0.2, 0) is 0 Å². The largest absolute Gasteiger partial charge is 0.320 e. The maximum Gasteiger partial charge on any atom is 0.0723 e. The van der Waals surface area contributed by atoms with E-state index in [1.54, 1.807) is 12.4 Å². The van der Waals surface area contributed by atoms with Crippen molar-refractivity contribution >= 4 is 22.5 Å². The predicted octanol–water partition coefficient (Wildman–Crippen LogP) is 3.64. The van der Waals surface area contributed by atoms with E-state index in [1.807, 2.05) is 43.3 Å². The maximum absolute atomic E-state index is 6.39. The van der Waals surface area contributed by atoms with Crippen molar-refractivity contribution in [2.24, 2.45) is 5.73 Å². The molecular formula is C16H14ClN3. The van der Waals surface area contributed by atoms with Gasteiger partial charge in [0.25, 0.3) is 0 Å². The fourth-order valence-corrected chi connectivity index (χ4v) is 2.53. The Labute approximate surface area is 122 Å². The number of pyridine rings is 2. The van der Waals surface area contributed by atoms with Gasteiger partial charge in [0, 0.05) is 28.5 Å². The molecule has 0 saturated heterocycles. The molecular weight excluding hydrogens is 270 g/mol. The molecule has 20 heavy (non-hydrogen) atoms. The third-order valence-electron chi connectivity index (χ3n) is 3.31. The molecule has 1 unspecified atom stereocenters. The molecule has 3 rings (SSSR count). The Morgan fingerprint density at radius 1 is 1.20 bits per heavy atom. The molecule has 0 aliphatic carbocycles. The van der Waals surface area contributed by atoms with Gasteiger partial charge in [0.1, 0.15) is 0 Å². The maximum atomic E-state index is 6.39. The van der Waals surface area contributed by atoms with Gasteiger partial charge in [-0.3, -0.25) is 9.97 Å². The van der Waals surface area contributed by atoms with Gasteiger partial charge < -0.3 is 5.73 Å². The first-order valence-corrected chi connectivity index (χ1v) is 6.75. The monoisotopic (exact) mass is 283 g/mol. The van der Waals surface area contributed by atoms with Crippen LogP contribution >= 0.6 is 11.6 Å². The molecule has 0 amide bonds. The summed E-state index contributed by atoms with van der Waals surface area (Å²) in [6.07, 6.45) is 3.54. The lowest BCUT2D eigenvalue weighted by Crippen LogP contribution is -2.13. The van der Waals surface area contributed by atoms with Gasteiger partial charge in [-0.2, -0.15) is 0 Å². The third kappa shape index (κ3) is 2.38. The van der Waals surface area contributed by atoms with E-state index in [9.17, 15) is 0 Å². The van der Waals surface area contributed by atoms with E-state index in [1.165, 1.54) is 0 Å². The van der Waals surface area contributed by atoms with Crippen LogP contribution in [0.5, 0.6) is 0 Å². The van der Waals surface area contributed by atoms with Crippen LogP contribution in [0.4, 0.5) is 0 Å². The molecule has 0 saturated carbocycles. The zero-order valence-corrected chi connectivity index (χ0v) is 11.8. The summed E-state index contributed by atoms with van der Waals surface area (Å²) in [6.45, 7) is 1.96. The molecule has 3 aromatic rings. The van der Waals surface area contributed by atoms with Crippen molar-refractivity contribution in [3.05, 3.63) is 70.6 Å². The predicted molar refractivity (Wildman–Crippen MR) is 81.8 cm³/mol. The number of halogens is 1. The highest BCUT2D eigenvalue weighted by atomic mass is 35.5. The van der Waals surface area contributed by atoms with Crippen molar-refractivity contribution in [1.29, 1.82) is 0 Å². The minimum Gasteiger partial charge on any atom is -0.320 e. The van der Waals surface area contributed by atoms with Crippen LogP contribution in [0, 0.1) is 6.92 Å². The molecule has 0 aliphatic rings. The van der Waals surface area contributed by atoms with Crippen LogP contribution in [0.1, 0.15) is 22.9 Å². The summed E-state index contributed by atoms with van der Waals surface area (Å²) < 4.78 is 0. The minimum atomic E-state index is -0.228. The quantitative estimate of drug-likeness (QED) is 0.781. The molecule has 2 heterocycles. The Balaban J connectivity index is 2.20. The Morgan fingerprint density at radius 2 is 2.05 bits per heavy atom. The van der Waals surface area contributed by atoms with Crippen LogP contribution in [0.2, 0.25) is 5.02 Å². The molecule has 1 aromatic carbocycles. The smallest absolute Gasteiger partial charge is 0.0723 e. The first-order chi connectivity index (χ1) is 9.65. The van der Waals surface area contributed by atoms with E-state index in [4.69, 9.17) is 17.3 Å². The Morgan fingerprint density at radius 3 is 2.80 bits per heavy atom. The average Bonchev–Trinajstić information content (AvgIpc) is 2.46. The second-order valence-electron chi connectivity index (χ2n) is 4.78. The summed E-state index contributed by atoms with van der Waals surface area (Å²) >= 11 is 6.04. The highest BCUT2D eigenvalue weighted by Gasteiger charge is 2.14. The summed E-state index contributed by atoms with van der Waals surface area (Å²) in [6, 6.07) is 11.4. The molecule has 100 valence electrons. The molecule has 4 heteroatoms. The zero-order chi connectivity index (χ0) is 14.1. The number of fused-ring (bicyclic) bond motifs is 1. The fourth-order valence-electron chi connectivity index (χ4n) is 2.36. The third-order valence-corrected chi connectivity index (χ3v) is 3.55. The number of rotatable bonds is 2. The minimum absolute atomic E-state index is 0.228. The van der Waals surface area contributed by atoms with E-state index in [2.05, 4.69) is 9.97 Å². The summed E-state index contributed by atoms with van der Waals surface area (Å²) in [5.41, 5.74) is 10.2. The lowest BCUT2D eigenvalue weighted by atomic mass is 9.97. The first-order valence-electron chi connectivity index (χ1n) is 6.37. The zero-order valence-electron chi connectivity index (χ0n) is 11.0. The van der Waals surface area contributed by atoms with Crippen LogP contribution in [0.15, 0.2) is 48.8 Å². The van der Waals surface area contributed by atoms with Crippen molar-refractivity contribution in [3.63, 3.8) is 0 Å². The molecule has 2 N–H and O–H groups in total. The Bertz CT molecular complexity index is 751. The van der Waals surface area contributed by atoms with Crippen LogP contribution in [0.3, 0.4) is 0 Å². The normalized spacial score (nSPS) is 12.6. The van der Waals surface area contributed by atoms with Gasteiger partial charge in [-0.05, 0) is 42.3 Å². The van der Waals surface area contributed by atoms with Crippen molar-refractivity contribution < 1.29 is 0 Å². The Hall–Kier alpha value is -1.97. The van der Waals surface area contributed by atoms with E-state index in [0.29, 0.717) is 5.02 Å². The topological polar surface area (TPSA) is 51.8 Å². The van der Waals surface area contributed by atoms with Gasteiger partial charge in [0.15, 0.2) is 0 Å². The first kappa shape index (κ1) is 13.0. The van der Waals surface area contributed by atoms with Crippen molar-refractivity contribution in [2.45, 2.75) is 13.0 Å². The average molecular weight is 284 g/mol. The van der Waals surface area contributed by atoms with E-state index < -0.39 is 0 Å². The van der Waals surface area contributed by atoms with Gasteiger partial charge in [-0.25, -0.2) is 0 Å². The lowest BCUT2D eigenvalue weighted by Gasteiger charge is -2.15. The van der Waals surface area contributed by atoms with Gasteiger partial charge in [-0.15, -0.1) is 0 Å². The van der Waals surface area contributed by atoms with Gasteiger partial charge in [0.05, 0.1) is 11.6 Å². The summed E-state index contributed by atoms with van der Waals surface area (Å²) in [5, 5.41) is 1.70. The number of benzene rings is 1. The Kier molecular flexibility index (Phi) is 3.38. The summed E-state index contributed by atoms with van der Waals surface area (Å²) in [4.78, 5) is 8.65. The number of nitrogens with zero attached hydrogens (tertiary/aromatic N) is 2. The summed E-state index contributed by atoms with van der Waals surface area (Å²) in [7, 11) is 0. The number of aromatic nitrogens is 2. The van der Waals surface area contributed by atoms with Crippen molar-refractivity contribution in [2.75, 3.05) is 0 Å². The van der Waals surface area contributed by atoms with E-state index in [-0.39, 0.29) is 6.04 Å². The highest BCUT2D eigenvalue weighted by Crippen LogP contribution is 2.28.